The topological polar surface area (TPSA) is 90.7 Å². The normalized spacial score (nSPS) is 11.9. The number of carbonyl (C=O) groups is 2. The van der Waals surface area contributed by atoms with E-state index in [1.54, 1.807) is 13.0 Å². The molecule has 7 heteroatoms. The van der Waals surface area contributed by atoms with Crippen LogP contribution in [0.2, 0.25) is 0 Å². The number of esters is 1. The van der Waals surface area contributed by atoms with Crippen LogP contribution in [0.1, 0.15) is 61.0 Å². The van der Waals surface area contributed by atoms with Gasteiger partial charge in [0.15, 0.2) is 11.5 Å². The predicted octanol–water partition coefficient (Wildman–Crippen LogP) is 3.97. The fraction of sp³-hybridized carbons (Fsp3) is 0.500. The number of para-hydroxylation sites is 1. The molecule has 1 aromatic heterocycles. The van der Waals surface area contributed by atoms with Crippen LogP contribution in [-0.2, 0) is 16.1 Å². The smallest absolute Gasteiger partial charge is 0.307 e. The Hall–Kier alpha value is -2.83. The van der Waals surface area contributed by atoms with Crippen molar-refractivity contribution in [2.24, 2.45) is 5.92 Å². The fourth-order valence-corrected chi connectivity index (χ4v) is 3.10. The third kappa shape index (κ3) is 6.93. The van der Waals surface area contributed by atoms with Gasteiger partial charge >= 0.3 is 5.97 Å². The zero-order valence-electron chi connectivity index (χ0n) is 17.8. The van der Waals surface area contributed by atoms with Gasteiger partial charge in [-0.2, -0.15) is 0 Å². The summed E-state index contributed by atoms with van der Waals surface area (Å²) >= 11 is 0. The molecule has 1 N–H and O–H groups in total. The Labute approximate surface area is 171 Å². The first-order chi connectivity index (χ1) is 13.8. The summed E-state index contributed by atoms with van der Waals surface area (Å²) in [6.07, 6.45) is 0.781. The van der Waals surface area contributed by atoms with Crippen molar-refractivity contribution in [1.29, 1.82) is 0 Å². The van der Waals surface area contributed by atoms with Gasteiger partial charge in [-0.25, -0.2) is 0 Å². The third-order valence-corrected chi connectivity index (χ3v) is 4.37. The minimum atomic E-state index is -0.387. The van der Waals surface area contributed by atoms with Gasteiger partial charge in [-0.05, 0) is 44.2 Å². The maximum absolute atomic E-state index is 12.5. The minimum Gasteiger partial charge on any atom is -0.485 e. The van der Waals surface area contributed by atoms with E-state index in [-0.39, 0.29) is 36.6 Å². The number of nitrogens with zero attached hydrogens (tertiary/aromatic N) is 1. The summed E-state index contributed by atoms with van der Waals surface area (Å²) in [5, 5.41) is 6.69. The maximum Gasteiger partial charge on any atom is 0.307 e. The van der Waals surface area contributed by atoms with E-state index in [9.17, 15) is 9.59 Å². The average molecular weight is 402 g/mol. The summed E-state index contributed by atoms with van der Waals surface area (Å²) in [5.41, 5.74) is 2.21. The molecule has 0 aliphatic rings. The highest BCUT2D eigenvalue weighted by Gasteiger charge is 2.21. The number of rotatable bonds is 10. The average Bonchev–Trinajstić information content (AvgIpc) is 3.10. The predicted molar refractivity (Wildman–Crippen MR) is 109 cm³/mol. The largest absolute Gasteiger partial charge is 0.485 e. The lowest BCUT2D eigenvalue weighted by atomic mass is 10.0. The molecule has 29 heavy (non-hydrogen) atoms. The zero-order valence-corrected chi connectivity index (χ0v) is 17.8. The second-order valence-electron chi connectivity index (χ2n) is 7.50. The second-order valence-corrected chi connectivity index (χ2v) is 7.50. The van der Waals surface area contributed by atoms with Gasteiger partial charge in [0, 0.05) is 12.1 Å². The molecule has 0 spiro atoms. The van der Waals surface area contributed by atoms with Crippen LogP contribution in [0.25, 0.3) is 0 Å². The van der Waals surface area contributed by atoms with Gasteiger partial charge in [-0.15, -0.1) is 0 Å². The standard InChI is InChI=1S/C22H30N2O5/c1-6-27-20(25)11-17(10-14(2)3)23-22(26)19-12-18(29-24-19)13-28-21-15(4)8-7-9-16(21)5/h7-9,12,14,17H,6,10-11,13H2,1-5H3,(H,23,26). The van der Waals surface area contributed by atoms with Gasteiger partial charge in [-0.1, -0.05) is 37.2 Å². The molecule has 158 valence electrons. The highest BCUT2D eigenvalue weighted by atomic mass is 16.5. The molecule has 0 saturated carbocycles. The van der Waals surface area contributed by atoms with E-state index < -0.39 is 0 Å². The minimum absolute atomic E-state index is 0.123. The summed E-state index contributed by atoms with van der Waals surface area (Å²) < 4.78 is 16.1. The van der Waals surface area contributed by atoms with Crippen LogP contribution in [0.15, 0.2) is 28.8 Å². The third-order valence-electron chi connectivity index (χ3n) is 4.37. The molecule has 0 fully saturated rings. The second kappa shape index (κ2) is 10.6. The molecule has 0 bridgehead atoms. The lowest BCUT2D eigenvalue weighted by Crippen LogP contribution is -2.38. The number of ether oxygens (including phenoxy) is 2. The number of aromatic nitrogens is 1. The molecular weight excluding hydrogens is 372 g/mol. The van der Waals surface area contributed by atoms with Crippen LogP contribution in [-0.4, -0.2) is 29.7 Å². The van der Waals surface area contributed by atoms with Gasteiger partial charge in [-0.3, -0.25) is 9.59 Å². The Morgan fingerprint density at radius 3 is 2.52 bits per heavy atom. The van der Waals surface area contributed by atoms with E-state index in [1.807, 2.05) is 45.9 Å². The molecule has 1 atom stereocenters. The number of carbonyl (C=O) groups excluding carboxylic acids is 2. The van der Waals surface area contributed by atoms with E-state index >= 15 is 0 Å². The molecule has 0 radical (unpaired) electrons. The zero-order chi connectivity index (χ0) is 21.4. The molecule has 2 aromatic rings. The van der Waals surface area contributed by atoms with Gasteiger partial charge in [0.2, 0.25) is 0 Å². The molecule has 1 amide bonds. The summed E-state index contributed by atoms with van der Waals surface area (Å²) in [7, 11) is 0. The van der Waals surface area contributed by atoms with Crippen LogP contribution >= 0.6 is 0 Å². The van der Waals surface area contributed by atoms with Crippen molar-refractivity contribution in [1.82, 2.24) is 10.5 Å². The molecule has 0 saturated heterocycles. The fourth-order valence-electron chi connectivity index (χ4n) is 3.10. The molecule has 1 unspecified atom stereocenters. The molecule has 0 aliphatic carbocycles. The lowest BCUT2D eigenvalue weighted by Gasteiger charge is -2.19. The van der Waals surface area contributed by atoms with Gasteiger partial charge in [0.1, 0.15) is 12.4 Å². The Bertz CT molecular complexity index is 808. The summed E-state index contributed by atoms with van der Waals surface area (Å²) in [4.78, 5) is 24.4. The molecular formula is C22H30N2O5. The number of hydrogen-bond acceptors (Lipinski definition) is 6. The van der Waals surface area contributed by atoms with Crippen molar-refractivity contribution in [3.63, 3.8) is 0 Å². The SMILES string of the molecule is CCOC(=O)CC(CC(C)C)NC(=O)c1cc(COc2c(C)cccc2C)on1. The van der Waals surface area contributed by atoms with Crippen molar-refractivity contribution < 1.29 is 23.6 Å². The first-order valence-electron chi connectivity index (χ1n) is 9.91. The first kappa shape index (κ1) is 22.5. The Kier molecular flexibility index (Phi) is 8.24. The number of benzene rings is 1. The number of aryl methyl sites for hydroxylation is 2. The summed E-state index contributed by atoms with van der Waals surface area (Å²) in [5.74, 6) is 0.835. The van der Waals surface area contributed by atoms with Gasteiger partial charge in [0.25, 0.3) is 5.91 Å². The van der Waals surface area contributed by atoms with E-state index in [0.717, 1.165) is 16.9 Å². The maximum atomic E-state index is 12.5. The van der Waals surface area contributed by atoms with Crippen molar-refractivity contribution in [2.75, 3.05) is 6.61 Å². The summed E-state index contributed by atoms with van der Waals surface area (Å²) in [6, 6.07) is 7.14. The van der Waals surface area contributed by atoms with Crippen molar-refractivity contribution in [3.8, 4) is 5.75 Å². The van der Waals surface area contributed by atoms with Crippen molar-refractivity contribution in [2.45, 2.75) is 60.1 Å². The van der Waals surface area contributed by atoms with Crippen molar-refractivity contribution >= 4 is 11.9 Å². The van der Waals surface area contributed by atoms with Crippen LogP contribution < -0.4 is 10.1 Å². The first-order valence-corrected chi connectivity index (χ1v) is 9.91. The monoisotopic (exact) mass is 402 g/mol. The van der Waals surface area contributed by atoms with Gasteiger partial charge in [0.05, 0.1) is 13.0 Å². The van der Waals surface area contributed by atoms with Crippen LogP contribution in [0, 0.1) is 19.8 Å². The summed E-state index contributed by atoms with van der Waals surface area (Å²) in [6.45, 7) is 10.2. The molecule has 0 aliphatic heterocycles. The quantitative estimate of drug-likeness (QED) is 0.605. The molecule has 7 nitrogen and oxygen atoms in total. The lowest BCUT2D eigenvalue weighted by molar-refractivity contribution is -0.143. The van der Waals surface area contributed by atoms with Crippen LogP contribution in [0.5, 0.6) is 5.75 Å². The number of amides is 1. The van der Waals surface area contributed by atoms with Crippen LogP contribution in [0.3, 0.4) is 0 Å². The van der Waals surface area contributed by atoms with E-state index in [4.69, 9.17) is 14.0 Å². The van der Waals surface area contributed by atoms with E-state index in [1.165, 1.54) is 0 Å². The van der Waals surface area contributed by atoms with E-state index in [2.05, 4.69) is 10.5 Å². The van der Waals surface area contributed by atoms with Crippen molar-refractivity contribution in [3.05, 3.63) is 46.8 Å². The van der Waals surface area contributed by atoms with E-state index in [0.29, 0.717) is 24.7 Å². The number of nitrogens with one attached hydrogen (secondary N) is 1. The van der Waals surface area contributed by atoms with Crippen LogP contribution in [0.4, 0.5) is 0 Å². The Morgan fingerprint density at radius 1 is 1.21 bits per heavy atom. The highest BCUT2D eigenvalue weighted by Crippen LogP contribution is 2.23. The Morgan fingerprint density at radius 2 is 1.90 bits per heavy atom. The molecule has 1 aromatic carbocycles. The number of hydrogen-bond donors (Lipinski definition) is 1. The molecule has 2 rings (SSSR count). The highest BCUT2D eigenvalue weighted by molar-refractivity contribution is 5.92. The Balaban J connectivity index is 1.98. The van der Waals surface area contributed by atoms with Gasteiger partial charge < -0.3 is 19.3 Å². The molecule has 1 heterocycles.